The lowest BCUT2D eigenvalue weighted by atomic mass is 9.83. The van der Waals surface area contributed by atoms with E-state index < -0.39 is 0 Å². The summed E-state index contributed by atoms with van der Waals surface area (Å²) >= 11 is 0. The van der Waals surface area contributed by atoms with Crippen molar-refractivity contribution in [2.45, 2.75) is 51.2 Å². The van der Waals surface area contributed by atoms with Crippen LogP contribution in [0.2, 0.25) is 0 Å². The highest BCUT2D eigenvalue weighted by Gasteiger charge is 2.33. The molecule has 1 aromatic rings. The molecule has 0 amide bonds. The molecular formula is C18H29N3. The molecule has 0 radical (unpaired) electrons. The predicted octanol–water partition coefficient (Wildman–Crippen LogP) is 2.42. The highest BCUT2D eigenvalue weighted by Crippen LogP contribution is 2.31. The Hall–Kier alpha value is -0.900. The van der Waals surface area contributed by atoms with Crippen molar-refractivity contribution >= 4 is 0 Å². The van der Waals surface area contributed by atoms with Gasteiger partial charge in [-0.3, -0.25) is 9.80 Å². The zero-order valence-electron chi connectivity index (χ0n) is 13.5. The van der Waals surface area contributed by atoms with E-state index in [-0.39, 0.29) is 6.04 Å². The number of rotatable bonds is 3. The second-order valence-corrected chi connectivity index (χ2v) is 6.66. The van der Waals surface area contributed by atoms with Gasteiger partial charge in [0.25, 0.3) is 0 Å². The van der Waals surface area contributed by atoms with E-state index in [1.807, 2.05) is 0 Å². The fourth-order valence-corrected chi connectivity index (χ4v) is 3.95. The number of hydrogen-bond acceptors (Lipinski definition) is 3. The summed E-state index contributed by atoms with van der Waals surface area (Å²) in [5, 5.41) is 0. The Morgan fingerprint density at radius 2 is 1.90 bits per heavy atom. The number of benzene rings is 1. The van der Waals surface area contributed by atoms with Crippen molar-refractivity contribution < 1.29 is 0 Å². The van der Waals surface area contributed by atoms with E-state index in [9.17, 15) is 0 Å². The third-order valence-electron chi connectivity index (χ3n) is 5.57. The van der Waals surface area contributed by atoms with Crippen LogP contribution in [0, 0.1) is 0 Å². The van der Waals surface area contributed by atoms with Gasteiger partial charge in [-0.15, -0.1) is 0 Å². The third-order valence-corrected chi connectivity index (χ3v) is 5.57. The molecule has 1 heterocycles. The molecule has 116 valence electrons. The Bertz CT molecular complexity index is 465. The van der Waals surface area contributed by atoms with Crippen molar-refractivity contribution in [1.29, 1.82) is 0 Å². The normalized spacial score (nSPS) is 29.1. The largest absolute Gasteiger partial charge is 0.323 e. The lowest BCUT2D eigenvalue weighted by Crippen LogP contribution is -2.55. The number of fused-ring (bicyclic) bond motifs is 1. The maximum absolute atomic E-state index is 6.59. The smallest absolute Gasteiger partial charge is 0.0455 e. The molecule has 0 aromatic heterocycles. The van der Waals surface area contributed by atoms with E-state index in [0.29, 0.717) is 12.1 Å². The van der Waals surface area contributed by atoms with Gasteiger partial charge in [0.15, 0.2) is 0 Å². The van der Waals surface area contributed by atoms with Gasteiger partial charge in [0.1, 0.15) is 0 Å². The molecule has 2 N–H and O–H groups in total. The molecule has 3 unspecified atom stereocenters. The molecule has 0 spiro atoms. The number of piperazine rings is 1. The average Bonchev–Trinajstić information content (AvgIpc) is 2.55. The van der Waals surface area contributed by atoms with E-state index in [4.69, 9.17) is 5.73 Å². The standard InChI is InChI=1S/C18H29N3/c1-3-14(2)20-10-12-21(13-11-20)17-9-8-15-6-4-5-7-16(15)18(17)19/h4-7,14,17-18H,3,8-13,19H2,1-2H3. The zero-order chi connectivity index (χ0) is 14.8. The molecule has 3 nitrogen and oxygen atoms in total. The topological polar surface area (TPSA) is 32.5 Å². The first-order valence-electron chi connectivity index (χ1n) is 8.52. The molecule has 1 saturated heterocycles. The van der Waals surface area contributed by atoms with Crippen LogP contribution in [0.15, 0.2) is 24.3 Å². The Balaban J connectivity index is 1.64. The summed E-state index contributed by atoms with van der Waals surface area (Å²) in [4.78, 5) is 5.26. The lowest BCUT2D eigenvalue weighted by molar-refractivity contribution is 0.0582. The van der Waals surface area contributed by atoms with Crippen LogP contribution in [-0.2, 0) is 6.42 Å². The second kappa shape index (κ2) is 6.47. The van der Waals surface area contributed by atoms with Gasteiger partial charge in [0.05, 0.1) is 0 Å². The van der Waals surface area contributed by atoms with Crippen molar-refractivity contribution in [2.24, 2.45) is 5.73 Å². The van der Waals surface area contributed by atoms with E-state index in [1.165, 1.54) is 56.6 Å². The maximum atomic E-state index is 6.59. The Kier molecular flexibility index (Phi) is 4.63. The van der Waals surface area contributed by atoms with Crippen LogP contribution < -0.4 is 5.73 Å². The van der Waals surface area contributed by atoms with Crippen LogP contribution >= 0.6 is 0 Å². The number of nitrogens with two attached hydrogens (primary N) is 1. The highest BCUT2D eigenvalue weighted by molar-refractivity contribution is 5.33. The molecule has 2 aliphatic rings. The molecule has 0 saturated carbocycles. The number of aryl methyl sites for hydroxylation is 1. The molecule has 1 aromatic carbocycles. The zero-order valence-corrected chi connectivity index (χ0v) is 13.5. The first-order valence-corrected chi connectivity index (χ1v) is 8.52. The molecule has 1 aliphatic heterocycles. The molecule has 3 rings (SSSR count). The first-order chi connectivity index (χ1) is 10.2. The van der Waals surface area contributed by atoms with Crippen molar-refractivity contribution in [3.63, 3.8) is 0 Å². The summed E-state index contributed by atoms with van der Waals surface area (Å²) < 4.78 is 0. The number of nitrogens with zero attached hydrogens (tertiary/aromatic N) is 2. The quantitative estimate of drug-likeness (QED) is 0.926. The van der Waals surface area contributed by atoms with Crippen molar-refractivity contribution in [3.8, 4) is 0 Å². The van der Waals surface area contributed by atoms with Gasteiger partial charge in [0.2, 0.25) is 0 Å². The van der Waals surface area contributed by atoms with E-state index >= 15 is 0 Å². The van der Waals surface area contributed by atoms with E-state index in [2.05, 4.69) is 47.9 Å². The molecule has 3 heteroatoms. The first kappa shape index (κ1) is 15.0. The molecule has 21 heavy (non-hydrogen) atoms. The average molecular weight is 287 g/mol. The van der Waals surface area contributed by atoms with E-state index in [0.717, 1.165) is 0 Å². The Morgan fingerprint density at radius 3 is 2.62 bits per heavy atom. The Morgan fingerprint density at radius 1 is 1.19 bits per heavy atom. The molecule has 3 atom stereocenters. The molecule has 1 aliphatic carbocycles. The predicted molar refractivity (Wildman–Crippen MR) is 88.4 cm³/mol. The summed E-state index contributed by atoms with van der Waals surface area (Å²) in [5.74, 6) is 0. The van der Waals surface area contributed by atoms with Gasteiger partial charge in [-0.2, -0.15) is 0 Å². The summed E-state index contributed by atoms with van der Waals surface area (Å²) in [6.45, 7) is 9.36. The van der Waals surface area contributed by atoms with Gasteiger partial charge in [-0.25, -0.2) is 0 Å². The van der Waals surface area contributed by atoms with Crippen LogP contribution in [0.3, 0.4) is 0 Å². The monoisotopic (exact) mass is 287 g/mol. The van der Waals surface area contributed by atoms with E-state index in [1.54, 1.807) is 0 Å². The van der Waals surface area contributed by atoms with Gasteiger partial charge in [-0.1, -0.05) is 31.2 Å². The third kappa shape index (κ3) is 3.01. The van der Waals surface area contributed by atoms with Gasteiger partial charge in [-0.05, 0) is 37.3 Å². The minimum atomic E-state index is 0.185. The molecular weight excluding hydrogens is 258 g/mol. The second-order valence-electron chi connectivity index (χ2n) is 6.66. The molecule has 1 fully saturated rings. The summed E-state index contributed by atoms with van der Waals surface area (Å²) in [7, 11) is 0. The van der Waals surface area contributed by atoms with Crippen molar-refractivity contribution in [3.05, 3.63) is 35.4 Å². The highest BCUT2D eigenvalue weighted by atomic mass is 15.3. The van der Waals surface area contributed by atoms with Crippen LogP contribution in [0.5, 0.6) is 0 Å². The van der Waals surface area contributed by atoms with Crippen LogP contribution in [0.4, 0.5) is 0 Å². The van der Waals surface area contributed by atoms with Crippen molar-refractivity contribution in [1.82, 2.24) is 9.80 Å². The fraction of sp³-hybridized carbons (Fsp3) is 0.667. The minimum absolute atomic E-state index is 0.185. The minimum Gasteiger partial charge on any atom is -0.323 e. The Labute approximate surface area is 129 Å². The van der Waals surface area contributed by atoms with Crippen LogP contribution in [0.1, 0.15) is 43.9 Å². The number of hydrogen-bond donors (Lipinski definition) is 1. The lowest BCUT2D eigenvalue weighted by Gasteiger charge is -2.45. The van der Waals surface area contributed by atoms with Crippen molar-refractivity contribution in [2.75, 3.05) is 26.2 Å². The fourth-order valence-electron chi connectivity index (χ4n) is 3.95. The van der Waals surface area contributed by atoms with Gasteiger partial charge in [0, 0.05) is 44.3 Å². The summed E-state index contributed by atoms with van der Waals surface area (Å²) in [5.41, 5.74) is 9.42. The summed E-state index contributed by atoms with van der Waals surface area (Å²) in [6, 6.07) is 10.2. The van der Waals surface area contributed by atoms with Gasteiger partial charge < -0.3 is 5.73 Å². The SMILES string of the molecule is CCC(C)N1CCN(C2CCc3ccccc3C2N)CC1. The van der Waals surface area contributed by atoms with Crippen LogP contribution in [0.25, 0.3) is 0 Å². The molecule has 0 bridgehead atoms. The summed E-state index contributed by atoms with van der Waals surface area (Å²) in [6.07, 6.45) is 3.64. The maximum Gasteiger partial charge on any atom is 0.0455 e. The van der Waals surface area contributed by atoms with Gasteiger partial charge >= 0.3 is 0 Å². The van der Waals surface area contributed by atoms with Crippen LogP contribution in [-0.4, -0.2) is 48.1 Å².